The maximum absolute atomic E-state index is 11.9. The number of amides is 2. The Kier molecular flexibility index (Phi) is 2.12. The van der Waals surface area contributed by atoms with Gasteiger partial charge in [0, 0.05) is 13.0 Å². The Bertz CT molecular complexity index is 381. The van der Waals surface area contributed by atoms with Gasteiger partial charge < -0.3 is 5.11 Å². The van der Waals surface area contributed by atoms with Gasteiger partial charge in [-0.25, -0.2) is 0 Å². The Morgan fingerprint density at radius 1 is 1.38 bits per heavy atom. The topological polar surface area (TPSA) is 74.7 Å². The van der Waals surface area contributed by atoms with Crippen molar-refractivity contribution < 1.29 is 19.5 Å². The zero-order valence-electron chi connectivity index (χ0n) is 9.45. The molecular formula is C11H15NO4. The molecule has 2 rings (SSSR count). The third-order valence-electron chi connectivity index (χ3n) is 3.49. The maximum Gasteiger partial charge on any atom is 0.311 e. The molecule has 0 unspecified atom stereocenters. The lowest BCUT2D eigenvalue weighted by Gasteiger charge is -2.21. The second-order valence-electron chi connectivity index (χ2n) is 5.43. The Morgan fingerprint density at radius 3 is 2.25 bits per heavy atom. The average Bonchev–Trinajstić information content (AvgIpc) is 2.89. The van der Waals surface area contributed by atoms with E-state index in [1.807, 2.05) is 0 Å². The van der Waals surface area contributed by atoms with Crippen LogP contribution in [0.4, 0.5) is 0 Å². The van der Waals surface area contributed by atoms with Gasteiger partial charge in [0.25, 0.3) is 0 Å². The number of aliphatic carboxylic acids is 1. The van der Waals surface area contributed by atoms with Crippen molar-refractivity contribution in [1.29, 1.82) is 0 Å². The molecular weight excluding hydrogens is 210 g/mol. The molecule has 2 aliphatic rings. The molecule has 5 heteroatoms. The molecule has 1 N–H and O–H groups in total. The monoisotopic (exact) mass is 225 g/mol. The number of likely N-dealkylation sites (tertiary alicyclic amines) is 1. The largest absolute Gasteiger partial charge is 0.481 e. The number of carboxylic acids is 1. The third-order valence-corrected chi connectivity index (χ3v) is 3.49. The van der Waals surface area contributed by atoms with Crippen molar-refractivity contribution in [1.82, 2.24) is 4.90 Å². The Hall–Kier alpha value is -1.39. The molecule has 1 saturated heterocycles. The highest BCUT2D eigenvalue weighted by Gasteiger charge is 2.55. The van der Waals surface area contributed by atoms with E-state index < -0.39 is 16.8 Å². The van der Waals surface area contributed by atoms with Crippen LogP contribution < -0.4 is 0 Å². The molecule has 1 saturated carbocycles. The van der Waals surface area contributed by atoms with Gasteiger partial charge in [-0.3, -0.25) is 19.3 Å². The summed E-state index contributed by atoms with van der Waals surface area (Å²) >= 11 is 0. The number of rotatable bonds is 3. The molecule has 2 fully saturated rings. The highest BCUT2D eigenvalue weighted by Crippen LogP contribution is 2.48. The summed E-state index contributed by atoms with van der Waals surface area (Å²) in [5.41, 5.74) is -1.53. The van der Waals surface area contributed by atoms with Gasteiger partial charge in [0.15, 0.2) is 0 Å². The molecule has 0 spiro atoms. The van der Waals surface area contributed by atoms with Crippen molar-refractivity contribution >= 4 is 17.8 Å². The quantitative estimate of drug-likeness (QED) is 0.715. The summed E-state index contributed by atoms with van der Waals surface area (Å²) in [5.74, 6) is -1.40. The highest BCUT2D eigenvalue weighted by atomic mass is 16.4. The van der Waals surface area contributed by atoms with Gasteiger partial charge in [0.2, 0.25) is 11.8 Å². The third kappa shape index (κ3) is 1.50. The Morgan fingerprint density at radius 2 is 1.94 bits per heavy atom. The summed E-state index contributed by atoms with van der Waals surface area (Å²) in [6, 6.07) is 0. The molecule has 0 aromatic heterocycles. The molecule has 0 aromatic rings. The van der Waals surface area contributed by atoms with Crippen molar-refractivity contribution in [2.24, 2.45) is 10.8 Å². The second kappa shape index (κ2) is 3.06. The van der Waals surface area contributed by atoms with Crippen LogP contribution in [0.2, 0.25) is 0 Å². The molecule has 1 heterocycles. The summed E-state index contributed by atoms with van der Waals surface area (Å²) in [6.07, 6.45) is 1.29. The SMILES string of the molecule is CC1(C)CC(=O)N(CC2(C(=O)O)CC2)C1=O. The molecule has 2 amide bonds. The molecule has 1 aliphatic heterocycles. The van der Waals surface area contributed by atoms with Crippen molar-refractivity contribution in [3.05, 3.63) is 0 Å². The predicted octanol–water partition coefficient (Wildman–Crippen LogP) is 0.636. The lowest BCUT2D eigenvalue weighted by atomic mass is 9.92. The number of nitrogens with zero attached hydrogens (tertiary/aromatic N) is 1. The van der Waals surface area contributed by atoms with Crippen LogP contribution >= 0.6 is 0 Å². The first-order valence-electron chi connectivity index (χ1n) is 5.37. The van der Waals surface area contributed by atoms with E-state index >= 15 is 0 Å². The number of imide groups is 1. The molecule has 0 atom stereocenters. The number of hydrogen-bond donors (Lipinski definition) is 1. The van der Waals surface area contributed by atoms with Gasteiger partial charge in [0.05, 0.1) is 10.8 Å². The van der Waals surface area contributed by atoms with E-state index in [0.29, 0.717) is 12.8 Å². The van der Waals surface area contributed by atoms with E-state index in [-0.39, 0.29) is 24.8 Å². The van der Waals surface area contributed by atoms with Gasteiger partial charge in [-0.15, -0.1) is 0 Å². The predicted molar refractivity (Wildman–Crippen MR) is 54.4 cm³/mol. The van der Waals surface area contributed by atoms with Crippen molar-refractivity contribution in [2.45, 2.75) is 33.1 Å². The minimum Gasteiger partial charge on any atom is -0.481 e. The minimum absolute atomic E-state index is 0.0451. The zero-order chi connectivity index (χ0) is 12.1. The number of hydrogen-bond acceptors (Lipinski definition) is 3. The standard InChI is InChI=1S/C11H15NO4/c1-10(2)5-7(13)12(8(10)14)6-11(3-4-11)9(15)16/h3-6H2,1-2H3,(H,15,16). The van der Waals surface area contributed by atoms with Gasteiger partial charge in [-0.2, -0.15) is 0 Å². The van der Waals surface area contributed by atoms with Crippen molar-refractivity contribution in [3.63, 3.8) is 0 Å². The molecule has 0 bridgehead atoms. The fraction of sp³-hybridized carbons (Fsp3) is 0.727. The van der Waals surface area contributed by atoms with E-state index in [1.54, 1.807) is 13.8 Å². The maximum atomic E-state index is 11.9. The summed E-state index contributed by atoms with van der Waals surface area (Å²) < 4.78 is 0. The van der Waals surface area contributed by atoms with Crippen LogP contribution in [0.1, 0.15) is 33.1 Å². The highest BCUT2D eigenvalue weighted by molar-refractivity contribution is 6.05. The van der Waals surface area contributed by atoms with Crippen LogP contribution in [0.3, 0.4) is 0 Å². The van der Waals surface area contributed by atoms with E-state index in [0.717, 1.165) is 4.90 Å². The fourth-order valence-corrected chi connectivity index (χ4v) is 2.08. The van der Waals surface area contributed by atoms with E-state index in [2.05, 4.69) is 0 Å². The van der Waals surface area contributed by atoms with E-state index in [1.165, 1.54) is 0 Å². The first-order chi connectivity index (χ1) is 7.28. The lowest BCUT2D eigenvalue weighted by Crippen LogP contribution is -2.40. The van der Waals surface area contributed by atoms with Crippen LogP contribution in [-0.4, -0.2) is 34.3 Å². The molecule has 88 valence electrons. The van der Waals surface area contributed by atoms with E-state index in [4.69, 9.17) is 5.11 Å². The smallest absolute Gasteiger partial charge is 0.311 e. The van der Waals surface area contributed by atoms with Gasteiger partial charge in [-0.05, 0) is 12.8 Å². The van der Waals surface area contributed by atoms with Crippen LogP contribution in [0.25, 0.3) is 0 Å². The molecule has 1 aliphatic carbocycles. The van der Waals surface area contributed by atoms with Gasteiger partial charge >= 0.3 is 5.97 Å². The van der Waals surface area contributed by atoms with Crippen LogP contribution in [0.15, 0.2) is 0 Å². The van der Waals surface area contributed by atoms with Crippen LogP contribution in [0.5, 0.6) is 0 Å². The van der Waals surface area contributed by atoms with Gasteiger partial charge in [-0.1, -0.05) is 13.8 Å². The Labute approximate surface area is 93.4 Å². The second-order valence-corrected chi connectivity index (χ2v) is 5.43. The summed E-state index contributed by atoms with van der Waals surface area (Å²) in [4.78, 5) is 35.6. The van der Waals surface area contributed by atoms with Crippen molar-refractivity contribution in [2.75, 3.05) is 6.54 Å². The normalized spacial score (nSPS) is 26.0. The number of carboxylic acid groups (broad SMARTS) is 1. The number of carbonyl (C=O) groups is 3. The molecule has 16 heavy (non-hydrogen) atoms. The summed E-state index contributed by atoms with van der Waals surface area (Å²) in [7, 11) is 0. The van der Waals surface area contributed by atoms with Crippen LogP contribution in [0, 0.1) is 10.8 Å². The fourth-order valence-electron chi connectivity index (χ4n) is 2.08. The van der Waals surface area contributed by atoms with Crippen molar-refractivity contribution in [3.8, 4) is 0 Å². The summed E-state index contributed by atoms with van der Waals surface area (Å²) in [5, 5.41) is 9.02. The van der Waals surface area contributed by atoms with Crippen LogP contribution in [-0.2, 0) is 14.4 Å². The first kappa shape index (κ1) is 11.1. The number of carbonyl (C=O) groups excluding carboxylic acids is 2. The lowest BCUT2D eigenvalue weighted by molar-refractivity contribution is -0.147. The minimum atomic E-state index is -0.905. The van der Waals surface area contributed by atoms with Gasteiger partial charge in [0.1, 0.15) is 0 Å². The average molecular weight is 225 g/mol. The molecule has 0 aromatic carbocycles. The first-order valence-corrected chi connectivity index (χ1v) is 5.37. The van der Waals surface area contributed by atoms with E-state index in [9.17, 15) is 14.4 Å². The Balaban J connectivity index is 2.15. The molecule has 0 radical (unpaired) electrons. The summed E-state index contributed by atoms with van der Waals surface area (Å²) in [6.45, 7) is 3.48. The zero-order valence-corrected chi connectivity index (χ0v) is 9.45. The molecule has 5 nitrogen and oxygen atoms in total.